The molecule has 0 aliphatic carbocycles. The second-order valence-electron chi connectivity index (χ2n) is 11.4. The molecular weight excluding hydrogens is 570 g/mol. The third kappa shape index (κ3) is 8.55. The first-order valence-corrected chi connectivity index (χ1v) is 15.5. The molecule has 0 saturated carbocycles. The third-order valence-electron chi connectivity index (χ3n) is 8.18. The third-order valence-corrected chi connectivity index (χ3v) is 8.18. The lowest BCUT2D eigenvalue weighted by Crippen LogP contribution is -2.60. The highest BCUT2D eigenvalue weighted by Gasteiger charge is 2.45. The Morgan fingerprint density at radius 3 is 2.00 bits per heavy atom. The fourth-order valence-corrected chi connectivity index (χ4v) is 5.80. The van der Waals surface area contributed by atoms with Gasteiger partial charge in [-0.25, -0.2) is 0 Å². The number of hydrogen-bond acceptors (Lipinski definition) is 7. The Bertz CT molecular complexity index is 1430. The number of carbonyl (C=O) groups is 4. The number of aromatic hydroxyl groups is 1. The minimum atomic E-state index is -1.17. The normalized spacial score (nSPS) is 19.8. The van der Waals surface area contributed by atoms with Crippen molar-refractivity contribution < 1.29 is 24.3 Å². The van der Waals surface area contributed by atoms with Crippen molar-refractivity contribution in [3.63, 3.8) is 0 Å². The number of amides is 4. The Kier molecular flexibility index (Phi) is 11.8. The summed E-state index contributed by atoms with van der Waals surface area (Å²) in [6, 6.07) is 20.5. The van der Waals surface area contributed by atoms with Crippen molar-refractivity contribution in [2.24, 2.45) is 11.5 Å². The maximum atomic E-state index is 14.5. The van der Waals surface area contributed by atoms with Gasteiger partial charge >= 0.3 is 0 Å². The van der Waals surface area contributed by atoms with Crippen LogP contribution in [0.2, 0.25) is 0 Å². The van der Waals surface area contributed by atoms with E-state index in [9.17, 15) is 24.3 Å². The predicted octanol–water partition coefficient (Wildman–Crippen LogP) is 2.32. The van der Waals surface area contributed by atoms with Crippen LogP contribution in [0.1, 0.15) is 42.9 Å². The van der Waals surface area contributed by atoms with E-state index in [0.29, 0.717) is 24.9 Å². The van der Waals surface area contributed by atoms with Gasteiger partial charge in [0, 0.05) is 19.4 Å². The zero-order valence-corrected chi connectivity index (χ0v) is 25.7. The summed E-state index contributed by atoms with van der Waals surface area (Å²) in [6.07, 6.45) is 1.70. The molecule has 0 aromatic heterocycles. The van der Waals surface area contributed by atoms with Crippen LogP contribution < -0.4 is 16.8 Å². The lowest BCUT2D eigenvalue weighted by Gasteiger charge is -2.36. The van der Waals surface area contributed by atoms with Crippen LogP contribution in [-0.2, 0) is 38.4 Å². The molecule has 1 saturated heterocycles. The molecule has 10 heteroatoms. The fourth-order valence-electron chi connectivity index (χ4n) is 5.80. The summed E-state index contributed by atoms with van der Waals surface area (Å²) < 4.78 is 0. The molecule has 1 aliphatic heterocycles. The fraction of sp³-hybridized carbons (Fsp3) is 0.371. The number of unbranched alkanes of at least 4 members (excludes halogenated alkanes) is 1. The van der Waals surface area contributed by atoms with Gasteiger partial charge in [-0.1, -0.05) is 72.8 Å². The Morgan fingerprint density at radius 1 is 0.822 bits per heavy atom. The largest absolute Gasteiger partial charge is 0.508 e. The molecular formula is C35H43N5O5. The second kappa shape index (κ2) is 16.0. The van der Waals surface area contributed by atoms with Crippen LogP contribution in [0.5, 0.6) is 5.75 Å². The van der Waals surface area contributed by atoms with Crippen molar-refractivity contribution in [1.82, 2.24) is 15.1 Å². The van der Waals surface area contributed by atoms with Crippen LogP contribution in [0.25, 0.3) is 0 Å². The molecule has 1 aliphatic rings. The van der Waals surface area contributed by atoms with Crippen molar-refractivity contribution in [3.8, 4) is 5.75 Å². The van der Waals surface area contributed by atoms with Crippen LogP contribution >= 0.6 is 0 Å². The Balaban J connectivity index is 1.79. The number of imide groups is 1. The molecule has 1 heterocycles. The molecule has 4 atom stereocenters. The first-order chi connectivity index (χ1) is 21.7. The summed E-state index contributed by atoms with van der Waals surface area (Å²) in [5.74, 6) is -2.26. The summed E-state index contributed by atoms with van der Waals surface area (Å²) in [7, 11) is 0. The average Bonchev–Trinajstić information content (AvgIpc) is 3.07. The number of phenols is 1. The molecule has 45 heavy (non-hydrogen) atoms. The number of likely N-dealkylation sites (N-methyl/N-ethyl adjacent to an activating group) is 1. The monoisotopic (exact) mass is 613 g/mol. The minimum Gasteiger partial charge on any atom is -0.508 e. The molecule has 0 bridgehead atoms. The van der Waals surface area contributed by atoms with E-state index >= 15 is 0 Å². The van der Waals surface area contributed by atoms with Crippen LogP contribution in [0.3, 0.4) is 0 Å². The highest BCUT2D eigenvalue weighted by Crippen LogP contribution is 2.23. The molecule has 4 amide bonds. The van der Waals surface area contributed by atoms with Gasteiger partial charge in [-0.15, -0.1) is 0 Å². The number of nitrogens with two attached hydrogens (primary N) is 2. The first-order valence-electron chi connectivity index (χ1n) is 15.5. The van der Waals surface area contributed by atoms with Crippen LogP contribution in [0.15, 0.2) is 84.9 Å². The Hall–Kier alpha value is -4.54. The van der Waals surface area contributed by atoms with Gasteiger partial charge in [0.05, 0.1) is 6.04 Å². The Labute approximate surface area is 264 Å². The number of nitrogens with one attached hydrogen (secondary N) is 1. The number of hydrogen-bond donors (Lipinski definition) is 4. The van der Waals surface area contributed by atoms with E-state index in [1.807, 2.05) is 60.7 Å². The van der Waals surface area contributed by atoms with E-state index in [2.05, 4.69) is 5.32 Å². The van der Waals surface area contributed by atoms with E-state index in [-0.39, 0.29) is 38.0 Å². The molecule has 238 valence electrons. The lowest BCUT2D eigenvalue weighted by molar-refractivity contribution is -0.157. The molecule has 3 aromatic carbocycles. The maximum absolute atomic E-state index is 14.5. The average molecular weight is 614 g/mol. The van der Waals surface area contributed by atoms with Crippen LogP contribution in [0, 0.1) is 0 Å². The molecule has 3 aromatic rings. The smallest absolute Gasteiger partial charge is 0.252 e. The highest BCUT2D eigenvalue weighted by molar-refractivity contribution is 6.06. The summed E-state index contributed by atoms with van der Waals surface area (Å²) in [6.45, 7) is 2.36. The highest BCUT2D eigenvalue weighted by atomic mass is 16.3. The Morgan fingerprint density at radius 2 is 1.42 bits per heavy atom. The molecule has 0 unspecified atom stereocenters. The minimum absolute atomic E-state index is 0.0728. The van der Waals surface area contributed by atoms with Crippen molar-refractivity contribution in [2.45, 2.75) is 69.6 Å². The van der Waals surface area contributed by atoms with Gasteiger partial charge < -0.3 is 26.8 Å². The van der Waals surface area contributed by atoms with Crippen molar-refractivity contribution in [3.05, 3.63) is 102 Å². The zero-order chi connectivity index (χ0) is 32.3. The molecule has 0 spiro atoms. The van der Waals surface area contributed by atoms with Crippen LogP contribution in [-0.4, -0.2) is 75.8 Å². The van der Waals surface area contributed by atoms with Crippen molar-refractivity contribution in [1.29, 1.82) is 0 Å². The van der Waals surface area contributed by atoms with Gasteiger partial charge in [0.15, 0.2) is 0 Å². The van der Waals surface area contributed by atoms with E-state index in [1.165, 1.54) is 17.0 Å². The van der Waals surface area contributed by atoms with Gasteiger partial charge in [0.1, 0.15) is 23.9 Å². The number of rotatable bonds is 12. The molecule has 10 nitrogen and oxygen atoms in total. The first kappa shape index (κ1) is 33.4. The molecule has 1 fully saturated rings. The SMILES string of the molecule is CCN1C(=O)[C@@H](CCCCN)N(C(=O)[C@@H](N)Cc2ccc(O)cc2)C(=O)[C@@H](Cc2ccccc2)NC(=O)[C@@H]1Cc1ccccc1. The molecule has 4 rings (SSSR count). The van der Waals surface area contributed by atoms with Gasteiger partial charge in [-0.05, 0) is 68.0 Å². The second-order valence-corrected chi connectivity index (χ2v) is 11.4. The summed E-state index contributed by atoms with van der Waals surface area (Å²) in [4.78, 5) is 59.7. The molecule has 0 radical (unpaired) electrons. The standard InChI is InChI=1S/C35H43N5O5/c1-2-39-31(23-25-13-7-4-8-14-25)32(42)38-29(22-24-11-5-3-6-12-24)34(44)40(30(35(39)45)15-9-10-20-36)33(43)28(37)21-26-16-18-27(41)19-17-26/h3-8,11-14,16-19,28-31,41H,2,9-10,15,20-23,36-37H2,1H3,(H,38,42)/t28-,29+,30+,31-/m0/s1. The zero-order valence-electron chi connectivity index (χ0n) is 25.7. The number of benzene rings is 3. The van der Waals surface area contributed by atoms with E-state index in [0.717, 1.165) is 16.0 Å². The van der Waals surface area contributed by atoms with Gasteiger partial charge in [0.2, 0.25) is 17.7 Å². The topological polar surface area (TPSA) is 159 Å². The maximum Gasteiger partial charge on any atom is 0.252 e. The number of phenolic OH excluding ortho intramolecular Hbond substituents is 1. The lowest BCUT2D eigenvalue weighted by atomic mass is 9.99. The van der Waals surface area contributed by atoms with Gasteiger partial charge in [-0.3, -0.25) is 24.1 Å². The van der Waals surface area contributed by atoms with Crippen molar-refractivity contribution in [2.75, 3.05) is 13.1 Å². The summed E-state index contributed by atoms with van der Waals surface area (Å²) >= 11 is 0. The summed E-state index contributed by atoms with van der Waals surface area (Å²) in [5, 5.41) is 12.6. The van der Waals surface area contributed by atoms with Crippen LogP contribution in [0.4, 0.5) is 0 Å². The van der Waals surface area contributed by atoms with E-state index in [1.54, 1.807) is 19.1 Å². The summed E-state index contributed by atoms with van der Waals surface area (Å²) in [5.41, 5.74) is 14.6. The van der Waals surface area contributed by atoms with E-state index < -0.39 is 47.8 Å². The number of nitrogens with zero attached hydrogens (tertiary/aromatic N) is 2. The number of carbonyl (C=O) groups excluding carboxylic acids is 4. The van der Waals surface area contributed by atoms with Crippen molar-refractivity contribution >= 4 is 23.6 Å². The predicted molar refractivity (Wildman–Crippen MR) is 172 cm³/mol. The van der Waals surface area contributed by atoms with Gasteiger partial charge in [-0.2, -0.15) is 0 Å². The van der Waals surface area contributed by atoms with E-state index in [4.69, 9.17) is 11.5 Å². The quantitative estimate of drug-likeness (QED) is 0.228. The molecule has 6 N–H and O–H groups in total. The van der Waals surface area contributed by atoms with Gasteiger partial charge in [0.25, 0.3) is 5.91 Å².